The van der Waals surface area contributed by atoms with Gasteiger partial charge in [-0.05, 0) is 69.2 Å². The Morgan fingerprint density at radius 3 is 2.54 bits per heavy atom. The van der Waals surface area contributed by atoms with Gasteiger partial charge in [0.2, 0.25) is 0 Å². The largest absolute Gasteiger partial charge is 0.339 e. The van der Waals surface area contributed by atoms with Gasteiger partial charge in [-0.25, -0.2) is 4.39 Å². The smallest absolute Gasteiger partial charge is 0.254 e. The van der Waals surface area contributed by atoms with E-state index in [1.54, 1.807) is 18.0 Å². The van der Waals surface area contributed by atoms with Crippen LogP contribution in [0.15, 0.2) is 36.7 Å². The molecule has 1 aliphatic heterocycles. The van der Waals surface area contributed by atoms with Crippen molar-refractivity contribution in [3.05, 3.63) is 59.4 Å². The highest BCUT2D eigenvalue weighted by atomic mass is 19.1. The maximum absolute atomic E-state index is 14.3. The summed E-state index contributed by atoms with van der Waals surface area (Å²) in [5.41, 5.74) is 5.10. The monoisotopic (exact) mass is 506 g/mol. The Labute approximate surface area is 219 Å². The molecule has 1 amide bonds. The van der Waals surface area contributed by atoms with E-state index >= 15 is 0 Å². The van der Waals surface area contributed by atoms with E-state index in [-0.39, 0.29) is 11.9 Å². The molecule has 3 aromatic rings. The van der Waals surface area contributed by atoms with Gasteiger partial charge >= 0.3 is 0 Å². The van der Waals surface area contributed by atoms with Crippen LogP contribution in [0.1, 0.15) is 62.3 Å². The number of halogens is 1. The summed E-state index contributed by atoms with van der Waals surface area (Å²) in [6, 6.07) is 7.05. The molecule has 6 nitrogen and oxygen atoms in total. The molecule has 1 aromatic carbocycles. The zero-order valence-electron chi connectivity index (χ0n) is 22.9. The SMILES string of the molecule is Cc1cncc2c(-c3ccc(F)cc3C(=O)N(C)C(C)C)cc(CC3CN([C@@H](CCC=O)C(C)C)C3)n12. The van der Waals surface area contributed by atoms with Crippen LogP contribution in [-0.4, -0.2) is 63.6 Å². The number of fused-ring (bicyclic) bond motifs is 1. The molecule has 7 heteroatoms. The molecule has 37 heavy (non-hydrogen) atoms. The number of rotatable bonds is 10. The summed E-state index contributed by atoms with van der Waals surface area (Å²) < 4.78 is 16.5. The van der Waals surface area contributed by atoms with Crippen LogP contribution in [-0.2, 0) is 11.2 Å². The van der Waals surface area contributed by atoms with Crippen LogP contribution in [0.5, 0.6) is 0 Å². The Kier molecular flexibility index (Phi) is 8.12. The van der Waals surface area contributed by atoms with Crippen LogP contribution in [0.4, 0.5) is 4.39 Å². The fourth-order valence-corrected chi connectivity index (χ4v) is 5.60. The number of aldehydes is 1. The van der Waals surface area contributed by atoms with E-state index < -0.39 is 5.82 Å². The minimum absolute atomic E-state index is 0.00312. The van der Waals surface area contributed by atoms with Gasteiger partial charge in [0.1, 0.15) is 12.1 Å². The normalized spacial score (nSPS) is 15.4. The van der Waals surface area contributed by atoms with Crippen molar-refractivity contribution in [1.29, 1.82) is 0 Å². The zero-order chi connectivity index (χ0) is 26.9. The number of hydrogen-bond donors (Lipinski definition) is 0. The van der Waals surface area contributed by atoms with E-state index in [0.717, 1.165) is 54.6 Å². The molecular weight excluding hydrogens is 467 g/mol. The summed E-state index contributed by atoms with van der Waals surface area (Å²) in [7, 11) is 1.75. The first-order valence-corrected chi connectivity index (χ1v) is 13.3. The number of carbonyl (C=O) groups is 2. The molecule has 0 aliphatic carbocycles. The summed E-state index contributed by atoms with van der Waals surface area (Å²) in [4.78, 5) is 32.8. The Hall–Kier alpha value is -3.06. The summed E-state index contributed by atoms with van der Waals surface area (Å²) in [6.07, 6.45) is 7.11. The number of nitrogens with zero attached hydrogens (tertiary/aromatic N) is 4. The van der Waals surface area contributed by atoms with Crippen molar-refractivity contribution in [2.45, 2.75) is 66.0 Å². The Balaban J connectivity index is 1.67. The molecule has 1 saturated heterocycles. The highest BCUT2D eigenvalue weighted by Crippen LogP contribution is 2.35. The van der Waals surface area contributed by atoms with Gasteiger partial charge < -0.3 is 14.1 Å². The quantitative estimate of drug-likeness (QED) is 0.345. The van der Waals surface area contributed by atoms with Crippen LogP contribution in [0.25, 0.3) is 16.6 Å². The second kappa shape index (κ2) is 11.1. The molecule has 0 radical (unpaired) electrons. The second-order valence-electron chi connectivity index (χ2n) is 11.1. The van der Waals surface area contributed by atoms with Gasteiger partial charge in [0, 0.05) is 61.8 Å². The Bertz CT molecular complexity index is 1280. The highest BCUT2D eigenvalue weighted by molar-refractivity contribution is 6.03. The van der Waals surface area contributed by atoms with Gasteiger partial charge in [-0.3, -0.25) is 14.7 Å². The summed E-state index contributed by atoms with van der Waals surface area (Å²) in [5.74, 6) is 0.396. The molecule has 1 aliphatic rings. The first kappa shape index (κ1) is 27.0. The van der Waals surface area contributed by atoms with Crippen LogP contribution in [0, 0.1) is 24.6 Å². The predicted molar refractivity (Wildman–Crippen MR) is 145 cm³/mol. The summed E-state index contributed by atoms with van der Waals surface area (Å²) in [5, 5.41) is 0. The van der Waals surface area contributed by atoms with Gasteiger partial charge in [0.15, 0.2) is 0 Å². The number of aryl methyl sites for hydroxylation is 1. The number of amides is 1. The molecule has 198 valence electrons. The van der Waals surface area contributed by atoms with E-state index in [1.807, 2.05) is 33.2 Å². The lowest BCUT2D eigenvalue weighted by Gasteiger charge is -2.46. The fraction of sp³-hybridized carbons (Fsp3) is 0.500. The molecule has 0 unspecified atom stereocenters. The average molecular weight is 507 g/mol. The van der Waals surface area contributed by atoms with E-state index in [2.05, 4.69) is 34.2 Å². The van der Waals surface area contributed by atoms with Crippen molar-refractivity contribution in [3.8, 4) is 11.1 Å². The fourth-order valence-electron chi connectivity index (χ4n) is 5.60. The van der Waals surface area contributed by atoms with Crippen LogP contribution < -0.4 is 0 Å². The number of carbonyl (C=O) groups excluding carboxylic acids is 2. The zero-order valence-corrected chi connectivity index (χ0v) is 22.9. The minimum atomic E-state index is -0.425. The number of likely N-dealkylation sites (tertiary alicyclic amines) is 1. The average Bonchev–Trinajstić information content (AvgIpc) is 3.20. The van der Waals surface area contributed by atoms with Gasteiger partial charge in [-0.2, -0.15) is 0 Å². The van der Waals surface area contributed by atoms with Crippen molar-refractivity contribution in [2.24, 2.45) is 11.8 Å². The van der Waals surface area contributed by atoms with Gasteiger partial charge in [-0.1, -0.05) is 19.9 Å². The van der Waals surface area contributed by atoms with E-state index in [0.29, 0.717) is 29.9 Å². The molecule has 0 spiro atoms. The topological polar surface area (TPSA) is 57.9 Å². The Morgan fingerprint density at radius 1 is 1.16 bits per heavy atom. The molecule has 0 N–H and O–H groups in total. The molecule has 1 atom stereocenters. The summed E-state index contributed by atoms with van der Waals surface area (Å²) in [6.45, 7) is 12.4. The lowest BCUT2D eigenvalue weighted by molar-refractivity contribution is -0.108. The molecule has 0 bridgehead atoms. The molecule has 0 saturated carbocycles. The standard InChI is InChI=1S/C30H39FN4O2/c1-19(2)28(8-7-11-36)34-17-22(18-34)12-24-14-26(29-16-32-15-21(5)35(24)29)25-10-9-23(31)13-27(25)30(37)33(6)20(3)4/h9-11,13-16,19-20,22,28H,7-8,12,17-18H2,1-6H3/t28-/m0/s1. The third-order valence-corrected chi connectivity index (χ3v) is 7.83. The predicted octanol–water partition coefficient (Wildman–Crippen LogP) is 5.41. The van der Waals surface area contributed by atoms with E-state index in [1.165, 1.54) is 17.8 Å². The van der Waals surface area contributed by atoms with Crippen molar-refractivity contribution in [1.82, 2.24) is 19.2 Å². The van der Waals surface area contributed by atoms with Crippen molar-refractivity contribution in [2.75, 3.05) is 20.1 Å². The summed E-state index contributed by atoms with van der Waals surface area (Å²) >= 11 is 0. The Morgan fingerprint density at radius 2 is 1.89 bits per heavy atom. The first-order chi connectivity index (χ1) is 17.6. The number of benzene rings is 1. The van der Waals surface area contributed by atoms with Crippen molar-refractivity contribution < 1.29 is 14.0 Å². The van der Waals surface area contributed by atoms with E-state index in [9.17, 15) is 14.0 Å². The van der Waals surface area contributed by atoms with Crippen LogP contribution in [0.2, 0.25) is 0 Å². The maximum Gasteiger partial charge on any atom is 0.254 e. The van der Waals surface area contributed by atoms with Gasteiger partial charge in [-0.15, -0.1) is 0 Å². The van der Waals surface area contributed by atoms with Crippen molar-refractivity contribution >= 4 is 17.7 Å². The third kappa shape index (κ3) is 5.47. The lowest BCUT2D eigenvalue weighted by Crippen LogP contribution is -2.54. The van der Waals surface area contributed by atoms with Crippen molar-refractivity contribution in [3.63, 3.8) is 0 Å². The van der Waals surface area contributed by atoms with Crippen LogP contribution in [0.3, 0.4) is 0 Å². The first-order valence-electron chi connectivity index (χ1n) is 13.3. The number of aromatic nitrogens is 2. The molecule has 4 rings (SSSR count). The van der Waals surface area contributed by atoms with Gasteiger partial charge in [0.25, 0.3) is 5.91 Å². The molecule has 3 heterocycles. The van der Waals surface area contributed by atoms with E-state index in [4.69, 9.17) is 0 Å². The maximum atomic E-state index is 14.3. The molecule has 1 fully saturated rings. The minimum Gasteiger partial charge on any atom is -0.339 e. The highest BCUT2D eigenvalue weighted by Gasteiger charge is 2.34. The lowest BCUT2D eigenvalue weighted by atomic mass is 9.88. The number of hydrogen-bond acceptors (Lipinski definition) is 4. The molecular formula is C30H39FN4O2. The third-order valence-electron chi connectivity index (χ3n) is 7.83. The van der Waals surface area contributed by atoms with Gasteiger partial charge in [0.05, 0.1) is 17.3 Å². The molecule has 2 aromatic heterocycles. The van der Waals surface area contributed by atoms with Crippen LogP contribution >= 0.6 is 0 Å². The second-order valence-corrected chi connectivity index (χ2v) is 11.1.